The van der Waals surface area contributed by atoms with Crippen LogP contribution in [0.1, 0.15) is 6.92 Å². The topological polar surface area (TPSA) is 76.2 Å². The molecular formula is C9H15N5O2. The normalized spacial score (nSPS) is 21.1. The number of rotatable bonds is 2. The number of aryl methyl sites for hydroxylation is 1. The van der Waals surface area contributed by atoms with Crippen LogP contribution in [0.25, 0.3) is 0 Å². The van der Waals surface area contributed by atoms with Crippen molar-refractivity contribution < 1.29 is 4.92 Å². The van der Waals surface area contributed by atoms with Crippen molar-refractivity contribution >= 4 is 11.6 Å². The standard InChI is InChI=1S/C9H15N5O2/c1-7-5-10-3-4-13(7)9-8(14(15)16)11-6-12(9)2/h6-7,10H,3-5H2,1-2H3. The third kappa shape index (κ3) is 1.73. The van der Waals surface area contributed by atoms with Gasteiger partial charge in [-0.05, 0) is 16.8 Å². The van der Waals surface area contributed by atoms with E-state index >= 15 is 0 Å². The molecule has 1 aromatic rings. The fourth-order valence-corrected chi connectivity index (χ4v) is 2.03. The fraction of sp³-hybridized carbons (Fsp3) is 0.667. The van der Waals surface area contributed by atoms with E-state index in [0.717, 1.165) is 19.6 Å². The quantitative estimate of drug-likeness (QED) is 0.571. The number of hydrogen-bond acceptors (Lipinski definition) is 5. The average Bonchev–Trinajstić information content (AvgIpc) is 2.61. The van der Waals surface area contributed by atoms with Gasteiger partial charge >= 0.3 is 5.82 Å². The Kier molecular flexibility index (Phi) is 2.78. The number of hydrogen-bond donors (Lipinski definition) is 1. The molecule has 2 rings (SSSR count). The van der Waals surface area contributed by atoms with E-state index in [1.54, 1.807) is 11.6 Å². The maximum atomic E-state index is 10.9. The minimum absolute atomic E-state index is 0.0590. The predicted molar refractivity (Wildman–Crippen MR) is 59.5 cm³/mol. The molecule has 0 spiro atoms. The molecule has 2 heterocycles. The van der Waals surface area contributed by atoms with Gasteiger partial charge in [-0.15, -0.1) is 0 Å². The second-order valence-electron chi connectivity index (χ2n) is 4.01. The highest BCUT2D eigenvalue weighted by Crippen LogP contribution is 2.27. The molecule has 16 heavy (non-hydrogen) atoms. The first kappa shape index (κ1) is 10.9. The Morgan fingerprint density at radius 1 is 1.69 bits per heavy atom. The first-order chi connectivity index (χ1) is 7.61. The molecule has 1 saturated heterocycles. The van der Waals surface area contributed by atoms with Gasteiger partial charge in [0.15, 0.2) is 0 Å². The highest BCUT2D eigenvalue weighted by molar-refractivity contribution is 5.55. The van der Waals surface area contributed by atoms with Crippen LogP contribution in [0.5, 0.6) is 0 Å². The molecule has 1 fully saturated rings. The zero-order chi connectivity index (χ0) is 11.7. The zero-order valence-electron chi connectivity index (χ0n) is 9.38. The lowest BCUT2D eigenvalue weighted by Gasteiger charge is -2.34. The number of nitrogens with zero attached hydrogens (tertiary/aromatic N) is 4. The summed E-state index contributed by atoms with van der Waals surface area (Å²) < 4.78 is 1.71. The van der Waals surface area contributed by atoms with Crippen LogP contribution in [0.15, 0.2) is 6.33 Å². The Balaban J connectivity index is 2.37. The number of anilines is 1. The smallest absolute Gasteiger partial charge is 0.358 e. The molecule has 0 saturated carbocycles. The Bertz CT molecular complexity index is 403. The summed E-state index contributed by atoms with van der Waals surface area (Å²) >= 11 is 0. The lowest BCUT2D eigenvalue weighted by atomic mass is 10.2. The number of piperazine rings is 1. The molecule has 0 radical (unpaired) electrons. The van der Waals surface area contributed by atoms with E-state index in [0.29, 0.717) is 5.82 Å². The van der Waals surface area contributed by atoms with Crippen LogP contribution in [0.2, 0.25) is 0 Å². The minimum atomic E-state index is -0.427. The number of nitrogens with one attached hydrogen (secondary N) is 1. The number of imidazole rings is 1. The van der Waals surface area contributed by atoms with Crippen LogP contribution in [0.4, 0.5) is 11.6 Å². The molecule has 1 aliphatic heterocycles. The second kappa shape index (κ2) is 4.09. The second-order valence-corrected chi connectivity index (χ2v) is 4.01. The molecule has 7 nitrogen and oxygen atoms in total. The predicted octanol–water partition coefficient (Wildman–Crippen LogP) is 0.126. The van der Waals surface area contributed by atoms with E-state index < -0.39 is 4.92 Å². The average molecular weight is 225 g/mol. The van der Waals surface area contributed by atoms with Gasteiger partial charge in [0, 0.05) is 32.7 Å². The van der Waals surface area contributed by atoms with E-state index in [2.05, 4.69) is 10.3 Å². The van der Waals surface area contributed by atoms with Gasteiger partial charge in [0.2, 0.25) is 12.1 Å². The van der Waals surface area contributed by atoms with E-state index in [9.17, 15) is 10.1 Å². The highest BCUT2D eigenvalue weighted by Gasteiger charge is 2.29. The zero-order valence-corrected chi connectivity index (χ0v) is 9.38. The molecule has 1 unspecified atom stereocenters. The monoisotopic (exact) mass is 225 g/mol. The van der Waals surface area contributed by atoms with Gasteiger partial charge in [-0.1, -0.05) is 0 Å². The molecule has 0 amide bonds. The molecule has 1 atom stereocenters. The maximum absolute atomic E-state index is 10.9. The first-order valence-corrected chi connectivity index (χ1v) is 5.24. The Morgan fingerprint density at radius 3 is 3.06 bits per heavy atom. The van der Waals surface area contributed by atoms with Crippen LogP contribution in [0, 0.1) is 10.1 Å². The van der Waals surface area contributed by atoms with E-state index in [1.807, 2.05) is 11.8 Å². The van der Waals surface area contributed by atoms with Gasteiger partial charge in [-0.2, -0.15) is 0 Å². The Hall–Kier alpha value is -1.63. The van der Waals surface area contributed by atoms with E-state index in [4.69, 9.17) is 0 Å². The summed E-state index contributed by atoms with van der Waals surface area (Å²) in [5, 5.41) is 14.1. The summed E-state index contributed by atoms with van der Waals surface area (Å²) in [4.78, 5) is 16.3. The molecule has 0 aromatic carbocycles. The third-order valence-corrected chi connectivity index (χ3v) is 2.83. The van der Waals surface area contributed by atoms with E-state index in [-0.39, 0.29) is 11.9 Å². The van der Waals surface area contributed by atoms with Crippen molar-refractivity contribution in [2.75, 3.05) is 24.5 Å². The summed E-state index contributed by atoms with van der Waals surface area (Å²) in [6.45, 7) is 4.49. The van der Waals surface area contributed by atoms with Gasteiger partial charge < -0.3 is 20.3 Å². The van der Waals surface area contributed by atoms with Crippen LogP contribution in [0.3, 0.4) is 0 Å². The SMILES string of the molecule is CC1CNCCN1c1c([N+](=O)[O-])ncn1C. The van der Waals surface area contributed by atoms with Crippen LogP contribution in [-0.2, 0) is 7.05 Å². The lowest BCUT2D eigenvalue weighted by molar-refractivity contribution is -0.388. The maximum Gasteiger partial charge on any atom is 0.406 e. The molecule has 1 aromatic heterocycles. The highest BCUT2D eigenvalue weighted by atomic mass is 16.6. The van der Waals surface area contributed by atoms with Crippen molar-refractivity contribution in [3.63, 3.8) is 0 Å². The van der Waals surface area contributed by atoms with Gasteiger partial charge in [0.25, 0.3) is 0 Å². The number of nitro groups is 1. The number of aromatic nitrogens is 2. The van der Waals surface area contributed by atoms with Crippen LogP contribution < -0.4 is 10.2 Å². The summed E-state index contributed by atoms with van der Waals surface area (Å²) in [5.74, 6) is 0.537. The summed E-state index contributed by atoms with van der Waals surface area (Å²) in [7, 11) is 1.78. The molecule has 1 aliphatic rings. The van der Waals surface area contributed by atoms with Crippen LogP contribution >= 0.6 is 0 Å². The summed E-state index contributed by atoms with van der Waals surface area (Å²) in [6, 6.07) is 0.239. The van der Waals surface area contributed by atoms with Crippen LogP contribution in [-0.4, -0.2) is 40.2 Å². The summed E-state index contributed by atoms with van der Waals surface area (Å²) in [5.41, 5.74) is 0. The fourth-order valence-electron chi connectivity index (χ4n) is 2.03. The van der Waals surface area contributed by atoms with E-state index in [1.165, 1.54) is 6.33 Å². The molecule has 88 valence electrons. The largest absolute Gasteiger partial charge is 0.406 e. The Morgan fingerprint density at radius 2 is 2.44 bits per heavy atom. The van der Waals surface area contributed by atoms with Gasteiger partial charge in [-0.25, -0.2) is 0 Å². The minimum Gasteiger partial charge on any atom is -0.358 e. The Labute approximate surface area is 93.2 Å². The van der Waals surface area contributed by atoms with Crippen molar-refractivity contribution in [1.29, 1.82) is 0 Å². The van der Waals surface area contributed by atoms with Crippen molar-refractivity contribution in [1.82, 2.24) is 14.9 Å². The van der Waals surface area contributed by atoms with Gasteiger partial charge in [0.1, 0.15) is 0 Å². The molecule has 1 N–H and O–H groups in total. The van der Waals surface area contributed by atoms with Crippen molar-refractivity contribution in [3.8, 4) is 0 Å². The molecule has 7 heteroatoms. The first-order valence-electron chi connectivity index (χ1n) is 5.24. The molecule has 0 aliphatic carbocycles. The summed E-state index contributed by atoms with van der Waals surface area (Å²) in [6.07, 6.45) is 1.49. The van der Waals surface area contributed by atoms with Crippen molar-refractivity contribution in [2.45, 2.75) is 13.0 Å². The van der Waals surface area contributed by atoms with Crippen molar-refractivity contribution in [2.24, 2.45) is 7.05 Å². The van der Waals surface area contributed by atoms with Gasteiger partial charge in [-0.3, -0.25) is 4.57 Å². The van der Waals surface area contributed by atoms with Gasteiger partial charge in [0.05, 0.1) is 0 Å². The molecule has 0 bridgehead atoms. The lowest BCUT2D eigenvalue weighted by Crippen LogP contribution is -2.50. The van der Waals surface area contributed by atoms with Crippen molar-refractivity contribution in [3.05, 3.63) is 16.4 Å². The molecular weight excluding hydrogens is 210 g/mol. The third-order valence-electron chi connectivity index (χ3n) is 2.83.